The first-order valence-electron chi connectivity index (χ1n) is 6.39. The van der Waals surface area contributed by atoms with Crippen molar-refractivity contribution in [1.29, 1.82) is 0 Å². The number of nitrogens with zero attached hydrogens (tertiary/aromatic N) is 7. The molecule has 9 nitrogen and oxygen atoms in total. The van der Waals surface area contributed by atoms with Gasteiger partial charge in [-0.1, -0.05) is 0 Å². The van der Waals surface area contributed by atoms with Gasteiger partial charge in [-0.3, -0.25) is 9.78 Å². The fraction of sp³-hybridized carbons (Fsp3) is 0.545. The normalized spacial score (nSPS) is 19.3. The summed E-state index contributed by atoms with van der Waals surface area (Å²) in [5.41, 5.74) is 0.567. The van der Waals surface area contributed by atoms with Crippen molar-refractivity contribution in [3.05, 3.63) is 12.4 Å². The first kappa shape index (κ1) is 12.7. The molecule has 0 aromatic carbocycles. The maximum Gasteiger partial charge on any atom is 0.246 e. The quantitative estimate of drug-likeness (QED) is 0.705. The molecule has 3 heterocycles. The summed E-state index contributed by atoms with van der Waals surface area (Å²) in [5, 5.41) is 14.7. The molecule has 1 aliphatic heterocycles. The molecule has 1 aliphatic rings. The highest BCUT2D eigenvalue weighted by Gasteiger charge is 2.31. The van der Waals surface area contributed by atoms with Crippen molar-refractivity contribution in [1.82, 2.24) is 35.2 Å². The molecule has 1 atom stereocenters. The molecule has 1 unspecified atom stereocenters. The summed E-state index contributed by atoms with van der Waals surface area (Å²) in [6, 6.07) is -0.282. The lowest BCUT2D eigenvalue weighted by Crippen LogP contribution is -2.58. The van der Waals surface area contributed by atoms with Crippen LogP contribution in [0.25, 0.3) is 5.65 Å². The van der Waals surface area contributed by atoms with Gasteiger partial charge in [0.2, 0.25) is 5.91 Å². The second-order valence-electron chi connectivity index (χ2n) is 4.86. The molecule has 1 amide bonds. The lowest BCUT2D eigenvalue weighted by molar-refractivity contribution is -0.130. The standard InChI is InChI=1S/C11H16N8O/c1-17(2)11(20)8-5-12-3-4-18(8)10-7-13-6-9-14-15-16-19(9)10/h6-8,12H,3-5H2,1-2H3. The van der Waals surface area contributed by atoms with Crippen LogP contribution in [0.2, 0.25) is 0 Å². The SMILES string of the molecule is CN(C)C(=O)C1CNCCN1c1cncc2nnnn12. The summed E-state index contributed by atoms with van der Waals surface area (Å²) in [4.78, 5) is 20.1. The smallest absolute Gasteiger partial charge is 0.246 e. The van der Waals surface area contributed by atoms with Gasteiger partial charge in [0.1, 0.15) is 6.04 Å². The second-order valence-corrected chi connectivity index (χ2v) is 4.86. The molecule has 0 radical (unpaired) electrons. The van der Waals surface area contributed by atoms with Crippen LogP contribution in [0.4, 0.5) is 5.82 Å². The summed E-state index contributed by atoms with van der Waals surface area (Å²) in [7, 11) is 3.51. The van der Waals surface area contributed by atoms with Crippen molar-refractivity contribution in [2.45, 2.75) is 6.04 Å². The Bertz CT molecular complexity index is 624. The second kappa shape index (κ2) is 5.00. The van der Waals surface area contributed by atoms with E-state index in [2.05, 4.69) is 25.8 Å². The Hall–Kier alpha value is -2.29. The molecule has 1 N–H and O–H groups in total. The highest BCUT2D eigenvalue weighted by Crippen LogP contribution is 2.18. The molecule has 3 rings (SSSR count). The number of aromatic nitrogens is 5. The summed E-state index contributed by atoms with van der Waals surface area (Å²) >= 11 is 0. The fourth-order valence-corrected chi connectivity index (χ4v) is 2.36. The number of hydrogen-bond donors (Lipinski definition) is 1. The van der Waals surface area contributed by atoms with Crippen LogP contribution in [0.15, 0.2) is 12.4 Å². The third-order valence-corrected chi connectivity index (χ3v) is 3.35. The number of nitrogens with one attached hydrogen (secondary N) is 1. The molecule has 20 heavy (non-hydrogen) atoms. The highest BCUT2D eigenvalue weighted by molar-refractivity contribution is 5.85. The van der Waals surface area contributed by atoms with Gasteiger partial charge in [0.25, 0.3) is 0 Å². The van der Waals surface area contributed by atoms with E-state index in [-0.39, 0.29) is 11.9 Å². The highest BCUT2D eigenvalue weighted by atomic mass is 16.2. The Morgan fingerprint density at radius 3 is 3.10 bits per heavy atom. The minimum atomic E-state index is -0.282. The Morgan fingerprint density at radius 1 is 1.45 bits per heavy atom. The number of hydrogen-bond acceptors (Lipinski definition) is 7. The maximum absolute atomic E-state index is 12.3. The Kier molecular flexibility index (Phi) is 3.18. The van der Waals surface area contributed by atoms with Crippen LogP contribution in [0.1, 0.15) is 0 Å². The van der Waals surface area contributed by atoms with E-state index >= 15 is 0 Å². The van der Waals surface area contributed by atoms with E-state index in [9.17, 15) is 4.79 Å². The van der Waals surface area contributed by atoms with Crippen LogP contribution in [0.3, 0.4) is 0 Å². The number of fused-ring (bicyclic) bond motifs is 1. The van der Waals surface area contributed by atoms with Gasteiger partial charge in [-0.15, -0.1) is 5.10 Å². The average molecular weight is 276 g/mol. The van der Waals surface area contributed by atoms with Crippen molar-refractivity contribution >= 4 is 17.4 Å². The Morgan fingerprint density at radius 2 is 2.30 bits per heavy atom. The maximum atomic E-state index is 12.3. The van der Waals surface area contributed by atoms with Gasteiger partial charge in [-0.05, 0) is 10.4 Å². The molecule has 0 aliphatic carbocycles. The monoisotopic (exact) mass is 276 g/mol. The molecule has 0 bridgehead atoms. The molecule has 1 saturated heterocycles. The summed E-state index contributed by atoms with van der Waals surface area (Å²) < 4.78 is 1.61. The van der Waals surface area contributed by atoms with E-state index in [0.29, 0.717) is 18.7 Å². The third kappa shape index (κ3) is 2.05. The van der Waals surface area contributed by atoms with Crippen LogP contribution in [0.5, 0.6) is 0 Å². The van der Waals surface area contributed by atoms with Crippen molar-refractivity contribution in [3.63, 3.8) is 0 Å². The zero-order chi connectivity index (χ0) is 14.1. The predicted octanol–water partition coefficient (Wildman–Crippen LogP) is -1.61. The lowest BCUT2D eigenvalue weighted by Gasteiger charge is -2.37. The van der Waals surface area contributed by atoms with Gasteiger partial charge >= 0.3 is 0 Å². The van der Waals surface area contributed by atoms with Crippen molar-refractivity contribution in [3.8, 4) is 0 Å². The predicted molar refractivity (Wildman–Crippen MR) is 71.3 cm³/mol. The van der Waals surface area contributed by atoms with E-state index in [4.69, 9.17) is 0 Å². The van der Waals surface area contributed by atoms with Crippen LogP contribution in [-0.4, -0.2) is 75.6 Å². The molecule has 9 heteroatoms. The third-order valence-electron chi connectivity index (χ3n) is 3.35. The zero-order valence-corrected chi connectivity index (χ0v) is 11.4. The number of likely N-dealkylation sites (N-methyl/N-ethyl adjacent to an activating group) is 1. The van der Waals surface area contributed by atoms with Crippen LogP contribution in [0, 0.1) is 0 Å². The molecule has 0 saturated carbocycles. The molecule has 1 fully saturated rings. The number of rotatable bonds is 2. The summed E-state index contributed by atoms with van der Waals surface area (Å²) in [6.45, 7) is 2.09. The lowest BCUT2D eigenvalue weighted by atomic mass is 10.1. The number of tetrazole rings is 1. The number of amides is 1. The van der Waals surface area contributed by atoms with Crippen LogP contribution < -0.4 is 10.2 Å². The van der Waals surface area contributed by atoms with Gasteiger partial charge < -0.3 is 15.1 Å². The van der Waals surface area contributed by atoms with E-state index in [0.717, 1.165) is 12.4 Å². The van der Waals surface area contributed by atoms with E-state index < -0.39 is 0 Å². The van der Waals surface area contributed by atoms with Crippen molar-refractivity contribution in [2.24, 2.45) is 0 Å². The fourth-order valence-electron chi connectivity index (χ4n) is 2.36. The van der Waals surface area contributed by atoms with Gasteiger partial charge in [0.05, 0.1) is 12.4 Å². The van der Waals surface area contributed by atoms with Crippen molar-refractivity contribution in [2.75, 3.05) is 38.6 Å². The zero-order valence-electron chi connectivity index (χ0n) is 11.4. The molecule has 0 spiro atoms. The number of carbonyl (C=O) groups excluding carboxylic acids is 1. The molecular formula is C11H16N8O. The topological polar surface area (TPSA) is 91.5 Å². The molecule has 2 aromatic rings. The van der Waals surface area contributed by atoms with Crippen LogP contribution in [-0.2, 0) is 4.79 Å². The number of anilines is 1. The first-order valence-corrected chi connectivity index (χ1v) is 6.39. The van der Waals surface area contributed by atoms with E-state index in [1.54, 1.807) is 35.9 Å². The van der Waals surface area contributed by atoms with Gasteiger partial charge in [-0.25, -0.2) is 0 Å². The largest absolute Gasteiger partial charge is 0.347 e. The first-order chi connectivity index (χ1) is 9.68. The van der Waals surface area contributed by atoms with Crippen molar-refractivity contribution < 1.29 is 4.79 Å². The van der Waals surface area contributed by atoms with Gasteiger partial charge in [-0.2, -0.15) is 4.52 Å². The minimum Gasteiger partial charge on any atom is -0.347 e. The average Bonchev–Trinajstić information content (AvgIpc) is 2.94. The van der Waals surface area contributed by atoms with Crippen LogP contribution >= 0.6 is 0 Å². The number of piperazine rings is 1. The van der Waals surface area contributed by atoms with Gasteiger partial charge in [0.15, 0.2) is 11.5 Å². The summed E-state index contributed by atoms with van der Waals surface area (Å²) in [5.74, 6) is 0.775. The molecular weight excluding hydrogens is 260 g/mol. The molecule has 2 aromatic heterocycles. The van der Waals surface area contributed by atoms with E-state index in [1.807, 2.05) is 4.90 Å². The Labute approximate surface area is 115 Å². The minimum absolute atomic E-state index is 0.0438. The van der Waals surface area contributed by atoms with Gasteiger partial charge in [0, 0.05) is 33.7 Å². The van der Waals surface area contributed by atoms with E-state index in [1.165, 1.54) is 0 Å². The Balaban J connectivity index is 2.01. The molecule has 106 valence electrons. The summed E-state index contributed by atoms with van der Waals surface area (Å²) in [6.07, 6.45) is 3.28. The number of carbonyl (C=O) groups is 1.